The second kappa shape index (κ2) is 9.75. The van der Waals surface area contributed by atoms with Gasteiger partial charge in [0, 0.05) is 24.7 Å². The second-order valence-electron chi connectivity index (χ2n) is 9.01. The number of nitrogens with zero attached hydrogens (tertiary/aromatic N) is 3. The average Bonchev–Trinajstić information content (AvgIpc) is 3.17. The highest BCUT2D eigenvalue weighted by Crippen LogP contribution is 2.29. The number of fused-ring (bicyclic) bond motifs is 1. The quantitative estimate of drug-likeness (QED) is 0.690. The summed E-state index contributed by atoms with van der Waals surface area (Å²) in [6.07, 6.45) is 6.27. The molecule has 0 bridgehead atoms. The summed E-state index contributed by atoms with van der Waals surface area (Å²) in [5.41, 5.74) is 2.48. The summed E-state index contributed by atoms with van der Waals surface area (Å²) in [7, 11) is -3.31. The molecule has 8 heteroatoms. The van der Waals surface area contributed by atoms with E-state index in [1.165, 1.54) is 36.4 Å². The Morgan fingerprint density at radius 2 is 1.88 bits per heavy atom. The zero-order valence-corrected chi connectivity index (χ0v) is 19.9. The van der Waals surface area contributed by atoms with E-state index in [1.54, 1.807) is 6.92 Å². The van der Waals surface area contributed by atoms with Crippen molar-refractivity contribution in [3.05, 3.63) is 41.7 Å². The number of amides is 1. The lowest BCUT2D eigenvalue weighted by Crippen LogP contribution is -2.41. The van der Waals surface area contributed by atoms with E-state index in [1.807, 2.05) is 30.3 Å². The molecule has 32 heavy (non-hydrogen) atoms. The third-order valence-corrected chi connectivity index (χ3v) is 8.75. The van der Waals surface area contributed by atoms with E-state index in [2.05, 4.69) is 16.8 Å². The number of hydrogen-bond acceptors (Lipinski definition) is 4. The maximum atomic E-state index is 12.9. The van der Waals surface area contributed by atoms with Gasteiger partial charge >= 0.3 is 0 Å². The molecule has 1 aromatic carbocycles. The largest absolute Gasteiger partial charge is 0.353 e. The Morgan fingerprint density at radius 1 is 1.16 bits per heavy atom. The van der Waals surface area contributed by atoms with Gasteiger partial charge in [-0.15, -0.1) is 0 Å². The summed E-state index contributed by atoms with van der Waals surface area (Å²) in [4.78, 5) is 17.8. The highest BCUT2D eigenvalue weighted by molar-refractivity contribution is 7.89. The van der Waals surface area contributed by atoms with Crippen LogP contribution >= 0.6 is 0 Å². The number of aromatic nitrogens is 2. The van der Waals surface area contributed by atoms with Gasteiger partial charge < -0.3 is 9.88 Å². The zero-order valence-electron chi connectivity index (χ0n) is 19.1. The van der Waals surface area contributed by atoms with Crippen LogP contribution in [0.25, 0.3) is 11.4 Å². The molecule has 1 saturated carbocycles. The molecule has 2 heterocycles. The van der Waals surface area contributed by atoms with Crippen LogP contribution in [-0.4, -0.2) is 46.5 Å². The number of rotatable bonds is 7. The monoisotopic (exact) mass is 458 g/mol. The molecule has 1 aliphatic heterocycles. The molecule has 1 aliphatic carbocycles. The maximum Gasteiger partial charge on any atom is 0.226 e. The van der Waals surface area contributed by atoms with E-state index < -0.39 is 10.0 Å². The second-order valence-corrected chi connectivity index (χ2v) is 11.3. The van der Waals surface area contributed by atoms with E-state index in [4.69, 9.17) is 4.98 Å². The first kappa shape index (κ1) is 23.0. The predicted molar refractivity (Wildman–Crippen MR) is 125 cm³/mol. The molecule has 2 aliphatic rings. The lowest BCUT2D eigenvalue weighted by atomic mass is 9.84. The van der Waals surface area contributed by atoms with Crippen molar-refractivity contribution in [3.63, 3.8) is 0 Å². The van der Waals surface area contributed by atoms with Crippen molar-refractivity contribution in [1.82, 2.24) is 19.2 Å². The Kier molecular flexibility index (Phi) is 7.00. The molecular weight excluding hydrogens is 424 g/mol. The van der Waals surface area contributed by atoms with E-state index in [9.17, 15) is 13.2 Å². The summed E-state index contributed by atoms with van der Waals surface area (Å²) in [5.74, 6) is 1.37. The number of nitrogens with one attached hydrogen (secondary N) is 1. The fraction of sp³-hybridized carbons (Fsp3) is 0.583. The fourth-order valence-corrected chi connectivity index (χ4v) is 6.03. The molecule has 0 saturated heterocycles. The van der Waals surface area contributed by atoms with Crippen LogP contribution in [-0.2, 0) is 34.3 Å². The molecule has 0 radical (unpaired) electrons. The maximum absolute atomic E-state index is 12.9. The summed E-state index contributed by atoms with van der Waals surface area (Å²) in [5, 5.41) is 3.19. The zero-order chi connectivity index (χ0) is 22.7. The van der Waals surface area contributed by atoms with E-state index in [0.717, 1.165) is 17.1 Å². The highest BCUT2D eigenvalue weighted by atomic mass is 32.2. The molecule has 1 N–H and O–H groups in total. The normalized spacial score (nSPS) is 18.8. The first-order chi connectivity index (χ1) is 15.4. The van der Waals surface area contributed by atoms with Crippen LogP contribution < -0.4 is 5.32 Å². The fourth-order valence-electron chi connectivity index (χ4n) is 4.99. The van der Waals surface area contributed by atoms with Gasteiger partial charge in [-0.25, -0.2) is 13.4 Å². The molecule has 1 amide bonds. The summed E-state index contributed by atoms with van der Waals surface area (Å²) in [6, 6.07) is 10.0. The Morgan fingerprint density at radius 3 is 2.56 bits per heavy atom. The van der Waals surface area contributed by atoms with Crippen molar-refractivity contribution < 1.29 is 13.2 Å². The van der Waals surface area contributed by atoms with Gasteiger partial charge in [-0.2, -0.15) is 4.31 Å². The van der Waals surface area contributed by atoms with Gasteiger partial charge in [-0.3, -0.25) is 4.79 Å². The predicted octanol–water partition coefficient (Wildman–Crippen LogP) is 3.34. The summed E-state index contributed by atoms with van der Waals surface area (Å²) in [6.45, 7) is 4.98. The van der Waals surface area contributed by atoms with E-state index in [-0.39, 0.29) is 30.7 Å². The molecule has 1 fully saturated rings. The Hall–Kier alpha value is -2.19. The van der Waals surface area contributed by atoms with Crippen molar-refractivity contribution in [2.45, 2.75) is 71.5 Å². The SMILES string of the molecule is CCS(=O)(=O)N1CCn2c(-c3ccccc3)nc(CC(=O)N[C@H](C)C3CCCCC3)c2C1. The van der Waals surface area contributed by atoms with Crippen LogP contribution in [0.15, 0.2) is 30.3 Å². The number of hydrogen-bond donors (Lipinski definition) is 1. The van der Waals surface area contributed by atoms with Crippen LogP contribution in [0.3, 0.4) is 0 Å². The minimum Gasteiger partial charge on any atom is -0.353 e. The van der Waals surface area contributed by atoms with Gasteiger partial charge in [0.15, 0.2) is 0 Å². The minimum atomic E-state index is -3.31. The standard InChI is InChI=1S/C24H34N4O3S/c1-3-32(30,31)27-14-15-28-22(17-27)21(26-24(28)20-12-8-5-9-13-20)16-23(29)25-18(2)19-10-6-4-7-11-19/h5,8-9,12-13,18-19H,3-4,6-7,10-11,14-17H2,1-2H3,(H,25,29)/t18-/m1/s1. The van der Waals surface area contributed by atoms with Gasteiger partial charge in [-0.1, -0.05) is 49.6 Å². The molecule has 2 aromatic rings. The third kappa shape index (κ3) is 4.91. The van der Waals surface area contributed by atoms with Crippen LogP contribution in [0.4, 0.5) is 0 Å². The highest BCUT2D eigenvalue weighted by Gasteiger charge is 2.31. The number of sulfonamides is 1. The Labute approximate surface area is 191 Å². The van der Waals surface area contributed by atoms with Crippen LogP contribution in [0.2, 0.25) is 0 Å². The minimum absolute atomic E-state index is 0.0425. The molecule has 7 nitrogen and oxygen atoms in total. The van der Waals surface area contributed by atoms with Crippen molar-refractivity contribution in [1.29, 1.82) is 0 Å². The first-order valence-corrected chi connectivity index (χ1v) is 13.4. The van der Waals surface area contributed by atoms with E-state index in [0.29, 0.717) is 24.7 Å². The topological polar surface area (TPSA) is 84.3 Å². The van der Waals surface area contributed by atoms with Gasteiger partial charge in [0.25, 0.3) is 0 Å². The van der Waals surface area contributed by atoms with Gasteiger partial charge in [-0.05, 0) is 32.6 Å². The smallest absolute Gasteiger partial charge is 0.226 e. The Balaban J connectivity index is 1.58. The van der Waals surface area contributed by atoms with Crippen molar-refractivity contribution in [2.75, 3.05) is 12.3 Å². The average molecular weight is 459 g/mol. The lowest BCUT2D eigenvalue weighted by Gasteiger charge is -2.29. The van der Waals surface area contributed by atoms with Crippen LogP contribution in [0, 0.1) is 5.92 Å². The summed E-state index contributed by atoms with van der Waals surface area (Å²) < 4.78 is 28.6. The van der Waals surface area contributed by atoms with Gasteiger partial charge in [0.2, 0.25) is 15.9 Å². The number of carbonyl (C=O) groups is 1. The molecule has 174 valence electrons. The first-order valence-electron chi connectivity index (χ1n) is 11.8. The lowest BCUT2D eigenvalue weighted by molar-refractivity contribution is -0.121. The molecule has 1 aromatic heterocycles. The van der Waals surface area contributed by atoms with Crippen molar-refractivity contribution in [2.24, 2.45) is 5.92 Å². The number of imidazole rings is 1. The van der Waals surface area contributed by atoms with Gasteiger partial charge in [0.1, 0.15) is 5.82 Å². The molecular formula is C24H34N4O3S. The van der Waals surface area contributed by atoms with Crippen molar-refractivity contribution in [3.8, 4) is 11.4 Å². The van der Waals surface area contributed by atoms with Crippen LogP contribution in [0.5, 0.6) is 0 Å². The molecule has 0 spiro atoms. The van der Waals surface area contributed by atoms with E-state index >= 15 is 0 Å². The number of carbonyl (C=O) groups excluding carboxylic acids is 1. The third-order valence-electron chi connectivity index (χ3n) is 6.92. The van der Waals surface area contributed by atoms with Gasteiger partial charge in [0.05, 0.1) is 30.1 Å². The summed E-state index contributed by atoms with van der Waals surface area (Å²) >= 11 is 0. The molecule has 4 rings (SSSR count). The Bertz CT molecular complexity index is 1040. The molecule has 0 unspecified atom stereocenters. The molecule has 1 atom stereocenters. The van der Waals surface area contributed by atoms with Crippen molar-refractivity contribution >= 4 is 15.9 Å². The number of benzene rings is 1. The van der Waals surface area contributed by atoms with Crippen LogP contribution in [0.1, 0.15) is 57.3 Å².